The first-order valence-corrected chi connectivity index (χ1v) is 9.08. The summed E-state index contributed by atoms with van der Waals surface area (Å²) in [6.07, 6.45) is 1.19. The average Bonchev–Trinajstić information content (AvgIpc) is 2.66. The Kier molecular flexibility index (Phi) is 5.97. The number of aromatic hydroxyl groups is 1. The summed E-state index contributed by atoms with van der Waals surface area (Å²) in [6, 6.07) is 16.7. The molecule has 9 heteroatoms. The number of hydrogen-bond donors (Lipinski definition) is 4. The molecule has 1 aromatic heterocycles. The van der Waals surface area contributed by atoms with Gasteiger partial charge in [0.25, 0.3) is 5.56 Å². The molecule has 0 fully saturated rings. The first-order chi connectivity index (χ1) is 13.5. The SMILES string of the molecule is Cc1ccc(-n2c(O)c(C=NNC(=S)Nc3ccccc3)c(=O)[nH]c2=S)cc1. The van der Waals surface area contributed by atoms with E-state index in [4.69, 9.17) is 24.4 Å². The van der Waals surface area contributed by atoms with Crippen LogP contribution in [0.1, 0.15) is 11.1 Å². The number of H-pyrrole nitrogens is 1. The maximum absolute atomic E-state index is 12.2. The van der Waals surface area contributed by atoms with Crippen LogP contribution in [-0.4, -0.2) is 26.0 Å². The highest BCUT2D eigenvalue weighted by Gasteiger charge is 2.12. The molecule has 0 radical (unpaired) electrons. The van der Waals surface area contributed by atoms with Gasteiger partial charge in [-0.3, -0.25) is 19.8 Å². The van der Waals surface area contributed by atoms with E-state index in [-0.39, 0.29) is 21.3 Å². The molecule has 28 heavy (non-hydrogen) atoms. The summed E-state index contributed by atoms with van der Waals surface area (Å²) in [5.74, 6) is -0.315. The number of benzene rings is 2. The van der Waals surface area contributed by atoms with E-state index in [9.17, 15) is 9.90 Å². The zero-order valence-corrected chi connectivity index (χ0v) is 16.5. The van der Waals surface area contributed by atoms with Crippen molar-refractivity contribution in [2.75, 3.05) is 5.32 Å². The largest absolute Gasteiger partial charge is 0.494 e. The maximum Gasteiger partial charge on any atom is 0.264 e. The number of anilines is 1. The summed E-state index contributed by atoms with van der Waals surface area (Å²) in [6.45, 7) is 1.95. The highest BCUT2D eigenvalue weighted by atomic mass is 32.1. The average molecular weight is 412 g/mol. The van der Waals surface area contributed by atoms with Crippen LogP contribution in [0.5, 0.6) is 5.88 Å². The van der Waals surface area contributed by atoms with Crippen LogP contribution < -0.4 is 16.3 Å². The second kappa shape index (κ2) is 8.59. The van der Waals surface area contributed by atoms with Crippen LogP contribution in [-0.2, 0) is 0 Å². The lowest BCUT2D eigenvalue weighted by Gasteiger charge is -2.11. The smallest absolute Gasteiger partial charge is 0.264 e. The van der Waals surface area contributed by atoms with Crippen LogP contribution in [0.15, 0.2) is 64.5 Å². The second-order valence-corrected chi connectivity index (χ2v) is 6.65. The van der Waals surface area contributed by atoms with Crippen LogP contribution in [0.25, 0.3) is 5.69 Å². The van der Waals surface area contributed by atoms with Crippen LogP contribution in [0, 0.1) is 11.7 Å². The lowest BCUT2D eigenvalue weighted by atomic mass is 10.2. The molecule has 3 rings (SSSR count). The molecule has 0 saturated carbocycles. The molecule has 0 saturated heterocycles. The van der Waals surface area contributed by atoms with Gasteiger partial charge in [0, 0.05) is 5.69 Å². The summed E-state index contributed by atoms with van der Waals surface area (Å²) in [5, 5.41) is 17.7. The van der Waals surface area contributed by atoms with Crippen molar-refractivity contribution in [3.8, 4) is 11.6 Å². The summed E-state index contributed by atoms with van der Waals surface area (Å²) in [7, 11) is 0. The molecule has 1 heterocycles. The minimum Gasteiger partial charge on any atom is -0.494 e. The van der Waals surface area contributed by atoms with E-state index in [1.165, 1.54) is 10.8 Å². The van der Waals surface area contributed by atoms with E-state index in [2.05, 4.69) is 20.8 Å². The number of rotatable bonds is 4. The first kappa shape index (κ1) is 19.5. The van der Waals surface area contributed by atoms with Gasteiger partial charge < -0.3 is 10.4 Å². The maximum atomic E-state index is 12.2. The molecule has 0 bridgehead atoms. The van der Waals surface area contributed by atoms with Crippen molar-refractivity contribution in [3.05, 3.63) is 80.8 Å². The lowest BCUT2D eigenvalue weighted by molar-refractivity contribution is 0.432. The first-order valence-electron chi connectivity index (χ1n) is 8.26. The molecular formula is C19H17N5O2S2. The molecule has 2 aromatic carbocycles. The molecule has 0 aliphatic carbocycles. The number of nitrogens with zero attached hydrogens (tertiary/aromatic N) is 2. The quantitative estimate of drug-likeness (QED) is 0.299. The Morgan fingerprint density at radius 1 is 1.18 bits per heavy atom. The minimum atomic E-state index is -0.557. The van der Waals surface area contributed by atoms with Gasteiger partial charge in [-0.15, -0.1) is 0 Å². The number of nitrogens with one attached hydrogen (secondary N) is 3. The highest BCUT2D eigenvalue weighted by molar-refractivity contribution is 7.80. The van der Waals surface area contributed by atoms with E-state index in [1.807, 2.05) is 49.4 Å². The number of para-hydroxylation sites is 1. The predicted molar refractivity (Wildman–Crippen MR) is 117 cm³/mol. The molecule has 0 spiro atoms. The number of hydrogen-bond acceptors (Lipinski definition) is 5. The van der Waals surface area contributed by atoms with Crippen molar-refractivity contribution < 1.29 is 5.11 Å². The second-order valence-electron chi connectivity index (χ2n) is 5.86. The predicted octanol–water partition coefficient (Wildman–Crippen LogP) is 3.23. The zero-order chi connectivity index (χ0) is 20.1. The molecule has 0 atom stereocenters. The van der Waals surface area contributed by atoms with Crippen LogP contribution in [0.2, 0.25) is 0 Å². The van der Waals surface area contributed by atoms with Gasteiger partial charge in [-0.1, -0.05) is 35.9 Å². The Hall–Kier alpha value is -3.30. The number of aromatic nitrogens is 2. The molecule has 0 amide bonds. The molecule has 4 N–H and O–H groups in total. The summed E-state index contributed by atoms with van der Waals surface area (Å²) in [5.41, 5.74) is 4.47. The van der Waals surface area contributed by atoms with Gasteiger partial charge in [0.2, 0.25) is 5.88 Å². The van der Waals surface area contributed by atoms with Crippen molar-refractivity contribution >= 4 is 41.5 Å². The number of aryl methyl sites for hydroxylation is 1. The molecule has 0 aliphatic heterocycles. The Balaban J connectivity index is 1.84. The van der Waals surface area contributed by atoms with Gasteiger partial charge in [0.1, 0.15) is 5.56 Å². The number of thiocarbonyl (C=S) groups is 1. The topological polar surface area (TPSA) is 94.4 Å². The van der Waals surface area contributed by atoms with Gasteiger partial charge in [0.05, 0.1) is 11.9 Å². The summed E-state index contributed by atoms with van der Waals surface area (Å²) < 4.78 is 1.44. The minimum absolute atomic E-state index is 0.0517. The Morgan fingerprint density at radius 2 is 1.86 bits per heavy atom. The van der Waals surface area contributed by atoms with Gasteiger partial charge in [0.15, 0.2) is 9.88 Å². The van der Waals surface area contributed by atoms with E-state index in [0.29, 0.717) is 5.69 Å². The van der Waals surface area contributed by atoms with Crippen molar-refractivity contribution in [1.82, 2.24) is 15.0 Å². The fourth-order valence-corrected chi connectivity index (χ4v) is 2.88. The fourth-order valence-electron chi connectivity index (χ4n) is 2.42. The van der Waals surface area contributed by atoms with Gasteiger partial charge in [-0.25, -0.2) is 0 Å². The molecule has 7 nitrogen and oxygen atoms in total. The van der Waals surface area contributed by atoms with Crippen LogP contribution in [0.3, 0.4) is 0 Å². The molecular weight excluding hydrogens is 394 g/mol. The lowest BCUT2D eigenvalue weighted by Crippen LogP contribution is -2.25. The standard InChI is InChI=1S/C19H17N5O2S2/c1-12-7-9-14(10-8-12)24-17(26)15(16(25)22-19(24)28)11-20-23-18(27)21-13-5-3-2-4-6-13/h2-11,26H,1H3,(H2,21,23,27)(H,22,25,28). The summed E-state index contributed by atoms with van der Waals surface area (Å²) in [4.78, 5) is 14.7. The van der Waals surface area contributed by atoms with Crippen LogP contribution >= 0.6 is 24.4 Å². The van der Waals surface area contributed by atoms with Gasteiger partial charge in [-0.2, -0.15) is 5.10 Å². The third-order valence-corrected chi connectivity index (χ3v) is 4.28. The third-order valence-electron chi connectivity index (χ3n) is 3.80. The molecule has 142 valence electrons. The number of aromatic amines is 1. The molecule has 0 aliphatic rings. The summed E-state index contributed by atoms with van der Waals surface area (Å²) >= 11 is 10.3. The van der Waals surface area contributed by atoms with Crippen molar-refractivity contribution in [2.24, 2.45) is 5.10 Å². The number of hydrazone groups is 1. The highest BCUT2D eigenvalue weighted by Crippen LogP contribution is 2.18. The normalized spacial score (nSPS) is 10.8. The molecule has 0 unspecified atom stereocenters. The fraction of sp³-hybridized carbons (Fsp3) is 0.0526. The monoisotopic (exact) mass is 411 g/mol. The van der Waals surface area contributed by atoms with Gasteiger partial charge in [-0.05, 0) is 55.6 Å². The van der Waals surface area contributed by atoms with Crippen molar-refractivity contribution in [3.63, 3.8) is 0 Å². The molecule has 3 aromatic rings. The van der Waals surface area contributed by atoms with E-state index in [0.717, 1.165) is 11.3 Å². The van der Waals surface area contributed by atoms with Crippen molar-refractivity contribution in [2.45, 2.75) is 6.92 Å². The Bertz CT molecular complexity index is 1140. The third kappa shape index (κ3) is 4.51. The Labute approximate surface area is 171 Å². The van der Waals surface area contributed by atoms with Crippen molar-refractivity contribution in [1.29, 1.82) is 0 Å². The van der Waals surface area contributed by atoms with E-state index < -0.39 is 5.56 Å². The van der Waals surface area contributed by atoms with E-state index >= 15 is 0 Å². The van der Waals surface area contributed by atoms with E-state index in [1.54, 1.807) is 12.1 Å². The van der Waals surface area contributed by atoms with Gasteiger partial charge >= 0.3 is 0 Å². The Morgan fingerprint density at radius 3 is 2.54 bits per heavy atom. The van der Waals surface area contributed by atoms with Crippen LogP contribution in [0.4, 0.5) is 5.69 Å². The zero-order valence-electron chi connectivity index (χ0n) is 14.8.